The zero-order valence-corrected chi connectivity index (χ0v) is 17.9. The summed E-state index contributed by atoms with van der Waals surface area (Å²) in [7, 11) is 0. The van der Waals surface area contributed by atoms with Crippen LogP contribution in [0.3, 0.4) is 0 Å². The van der Waals surface area contributed by atoms with E-state index in [1.807, 2.05) is 0 Å². The van der Waals surface area contributed by atoms with Crippen molar-refractivity contribution in [2.24, 2.45) is 11.3 Å². The third-order valence-electron chi connectivity index (χ3n) is 7.05. The van der Waals surface area contributed by atoms with Crippen LogP contribution < -0.4 is 4.74 Å². The fourth-order valence-electron chi connectivity index (χ4n) is 5.34. The summed E-state index contributed by atoms with van der Waals surface area (Å²) in [5.41, 5.74) is 2.56. The Balaban J connectivity index is 1.29. The molecule has 0 aliphatic carbocycles. The number of likely N-dealkylation sites (tertiary alicyclic amines) is 1. The van der Waals surface area contributed by atoms with Crippen LogP contribution in [0.5, 0.6) is 5.75 Å². The van der Waals surface area contributed by atoms with Crippen molar-refractivity contribution in [1.82, 2.24) is 9.88 Å². The quantitative estimate of drug-likeness (QED) is 0.714. The second kappa shape index (κ2) is 6.82. The molecule has 0 saturated carbocycles. The number of hydrogen-bond donors (Lipinski definition) is 0. The Morgan fingerprint density at radius 2 is 2.00 bits per heavy atom. The third kappa shape index (κ3) is 3.27. The first-order valence-corrected chi connectivity index (χ1v) is 11.4. The number of rotatable bonds is 2. The van der Waals surface area contributed by atoms with Gasteiger partial charge in [0.05, 0.1) is 23.4 Å². The predicted octanol–water partition coefficient (Wildman–Crippen LogP) is 4.98. The van der Waals surface area contributed by atoms with Crippen molar-refractivity contribution in [2.75, 3.05) is 19.7 Å². The molecule has 4 nitrogen and oxygen atoms in total. The Hall–Kier alpha value is -1.43. The summed E-state index contributed by atoms with van der Waals surface area (Å²) in [6, 6.07) is 8.42. The number of thiazole rings is 1. The Bertz CT molecular complexity index is 854. The maximum Gasteiger partial charge on any atom is 0.125 e. The molecular formula is C23H30N2O2S. The molecule has 1 aromatic heterocycles. The van der Waals surface area contributed by atoms with E-state index in [1.54, 1.807) is 11.3 Å². The smallest absolute Gasteiger partial charge is 0.125 e. The molecule has 0 bridgehead atoms. The molecule has 0 amide bonds. The van der Waals surface area contributed by atoms with Crippen molar-refractivity contribution in [3.63, 3.8) is 0 Å². The van der Waals surface area contributed by atoms with E-state index in [0.717, 1.165) is 37.0 Å². The lowest BCUT2D eigenvalue weighted by molar-refractivity contribution is -0.174. The van der Waals surface area contributed by atoms with E-state index in [9.17, 15) is 0 Å². The predicted molar refractivity (Wildman–Crippen MR) is 112 cm³/mol. The highest BCUT2D eigenvalue weighted by Crippen LogP contribution is 2.55. The van der Waals surface area contributed by atoms with Gasteiger partial charge in [-0.25, -0.2) is 4.98 Å². The average molecular weight is 399 g/mol. The lowest BCUT2D eigenvalue weighted by Crippen LogP contribution is -2.54. The molecule has 0 N–H and O–H groups in total. The van der Waals surface area contributed by atoms with E-state index in [1.165, 1.54) is 30.5 Å². The summed E-state index contributed by atoms with van der Waals surface area (Å²) in [5.74, 6) is 1.40. The summed E-state index contributed by atoms with van der Waals surface area (Å²) in [4.78, 5) is 7.20. The van der Waals surface area contributed by atoms with Crippen molar-refractivity contribution < 1.29 is 9.47 Å². The van der Waals surface area contributed by atoms with Crippen molar-refractivity contribution in [3.8, 4) is 5.75 Å². The normalized spacial score (nSPS) is 28.4. The average Bonchev–Trinajstić information content (AvgIpc) is 3.09. The van der Waals surface area contributed by atoms with Gasteiger partial charge < -0.3 is 9.47 Å². The number of fused-ring (bicyclic) bond motifs is 3. The van der Waals surface area contributed by atoms with Crippen molar-refractivity contribution in [1.29, 1.82) is 0 Å². The van der Waals surface area contributed by atoms with Gasteiger partial charge in [0, 0.05) is 23.4 Å². The molecule has 1 spiro atoms. The molecule has 4 heterocycles. The van der Waals surface area contributed by atoms with Crippen LogP contribution in [-0.4, -0.2) is 35.2 Å². The Morgan fingerprint density at radius 3 is 2.75 bits per heavy atom. The first-order valence-electron chi connectivity index (χ1n) is 10.5. The highest BCUT2D eigenvalue weighted by atomic mass is 32.1. The summed E-state index contributed by atoms with van der Waals surface area (Å²) < 4.78 is 13.0. The zero-order chi connectivity index (χ0) is 19.4. The van der Waals surface area contributed by atoms with Gasteiger partial charge in [-0.05, 0) is 64.6 Å². The highest BCUT2D eigenvalue weighted by molar-refractivity contribution is 7.09. The van der Waals surface area contributed by atoms with E-state index in [-0.39, 0.29) is 11.7 Å². The van der Waals surface area contributed by atoms with Crippen molar-refractivity contribution in [2.45, 2.75) is 58.3 Å². The first kappa shape index (κ1) is 18.6. The molecule has 2 aromatic rings. The molecule has 0 radical (unpaired) electrons. The minimum atomic E-state index is -0.193. The van der Waals surface area contributed by atoms with Gasteiger partial charge in [0.1, 0.15) is 11.4 Å². The van der Waals surface area contributed by atoms with E-state index in [4.69, 9.17) is 9.47 Å². The van der Waals surface area contributed by atoms with E-state index >= 15 is 0 Å². The minimum absolute atomic E-state index is 0.168. The lowest BCUT2D eigenvalue weighted by Gasteiger charge is -2.54. The molecule has 150 valence electrons. The van der Waals surface area contributed by atoms with Gasteiger partial charge in [-0.1, -0.05) is 18.2 Å². The van der Waals surface area contributed by atoms with Gasteiger partial charge in [0.15, 0.2) is 0 Å². The summed E-state index contributed by atoms with van der Waals surface area (Å²) in [6.07, 6.45) is 3.78. The van der Waals surface area contributed by atoms with Gasteiger partial charge in [-0.15, -0.1) is 11.3 Å². The molecular weight excluding hydrogens is 368 g/mol. The van der Waals surface area contributed by atoms with Crippen LogP contribution in [0, 0.1) is 18.3 Å². The molecule has 0 unspecified atom stereocenters. The van der Waals surface area contributed by atoms with Crippen LogP contribution >= 0.6 is 11.3 Å². The van der Waals surface area contributed by atoms with Crippen LogP contribution in [0.15, 0.2) is 29.6 Å². The van der Waals surface area contributed by atoms with Gasteiger partial charge in [-0.3, -0.25) is 4.90 Å². The Kier molecular flexibility index (Phi) is 4.53. The van der Waals surface area contributed by atoms with Crippen molar-refractivity contribution >= 4 is 11.3 Å². The fourth-order valence-corrected chi connectivity index (χ4v) is 5.95. The van der Waals surface area contributed by atoms with Gasteiger partial charge in [0.25, 0.3) is 0 Å². The molecule has 3 aliphatic heterocycles. The SMILES string of the molecule is Cc1nc(CN2CCC3(CC2)CO[C@@H]2c4ccccc4OC(C)(C)[C@H]2C3)cs1. The monoisotopic (exact) mass is 398 g/mol. The number of hydrogen-bond acceptors (Lipinski definition) is 5. The van der Waals surface area contributed by atoms with Crippen LogP contribution in [-0.2, 0) is 11.3 Å². The number of benzene rings is 1. The zero-order valence-electron chi connectivity index (χ0n) is 17.1. The number of nitrogens with zero attached hydrogens (tertiary/aromatic N) is 2. The minimum Gasteiger partial charge on any atom is -0.487 e. The summed E-state index contributed by atoms with van der Waals surface area (Å²) in [6.45, 7) is 10.7. The Labute approximate surface area is 171 Å². The maximum absolute atomic E-state index is 6.58. The summed E-state index contributed by atoms with van der Waals surface area (Å²) in [5, 5.41) is 3.36. The van der Waals surface area contributed by atoms with Crippen molar-refractivity contribution in [3.05, 3.63) is 45.9 Å². The lowest BCUT2D eigenvalue weighted by atomic mass is 9.64. The van der Waals surface area contributed by atoms with Gasteiger partial charge in [0.2, 0.25) is 0 Å². The molecule has 28 heavy (non-hydrogen) atoms. The Morgan fingerprint density at radius 1 is 1.21 bits per heavy atom. The topological polar surface area (TPSA) is 34.6 Å². The molecule has 2 saturated heterocycles. The molecule has 5 rings (SSSR count). The largest absolute Gasteiger partial charge is 0.487 e. The molecule has 2 atom stereocenters. The standard InChI is InChI=1S/C23H30N2O2S/c1-16-24-17(14-28-16)13-25-10-8-23(9-11-25)12-19-21(26-15-23)18-6-4-5-7-20(18)27-22(19,2)3/h4-7,14,19,21H,8-13,15H2,1-3H3/t19-,21+/m0/s1. The van der Waals surface area contributed by atoms with E-state index in [0.29, 0.717) is 11.3 Å². The van der Waals surface area contributed by atoms with E-state index in [2.05, 4.69) is 60.3 Å². The number of aromatic nitrogens is 1. The third-order valence-corrected chi connectivity index (χ3v) is 7.87. The van der Waals surface area contributed by atoms with Crippen LogP contribution in [0.4, 0.5) is 0 Å². The van der Waals surface area contributed by atoms with Crippen LogP contribution in [0.25, 0.3) is 0 Å². The summed E-state index contributed by atoms with van der Waals surface area (Å²) >= 11 is 1.75. The first-order chi connectivity index (χ1) is 13.4. The number of ether oxygens (including phenoxy) is 2. The van der Waals surface area contributed by atoms with Gasteiger partial charge >= 0.3 is 0 Å². The molecule has 3 aliphatic rings. The van der Waals surface area contributed by atoms with Gasteiger partial charge in [-0.2, -0.15) is 0 Å². The second-order valence-corrected chi connectivity index (χ2v) is 10.5. The fraction of sp³-hybridized carbons (Fsp3) is 0.609. The molecule has 1 aromatic carbocycles. The number of aryl methyl sites for hydroxylation is 1. The van der Waals surface area contributed by atoms with Crippen LogP contribution in [0.1, 0.15) is 55.5 Å². The maximum atomic E-state index is 6.58. The number of piperidine rings is 1. The second-order valence-electron chi connectivity index (χ2n) is 9.42. The molecule has 5 heteroatoms. The highest BCUT2D eigenvalue weighted by Gasteiger charge is 2.52. The van der Waals surface area contributed by atoms with E-state index < -0.39 is 0 Å². The number of para-hydroxylation sites is 1. The van der Waals surface area contributed by atoms with Crippen LogP contribution in [0.2, 0.25) is 0 Å². The molecule has 2 fully saturated rings.